The minimum absolute atomic E-state index is 0.0553. The number of amides is 6. The van der Waals surface area contributed by atoms with Crippen molar-refractivity contribution in [3.8, 4) is 0 Å². The number of nitrogens with zero attached hydrogens (tertiary/aromatic N) is 1. The fraction of sp³-hybridized carbons (Fsp3) is 0.816. The SMILES string of the molecule is CCCCC(NC(=O)CNC(=O)C(=O)C(CCC)NC(=O)C1CC(OC(C)(C)C)CN1C(=O)C(NC(=O)CC1CCCC1)C1CCCCC1)C(N)=O. The number of Topliss-reactive ketones (excluding diaryl/α,β-unsaturated/α-hetero) is 1. The van der Waals surface area contributed by atoms with Gasteiger partial charge in [-0.25, -0.2) is 0 Å². The summed E-state index contributed by atoms with van der Waals surface area (Å²) in [7, 11) is 0. The Hall–Kier alpha value is -3.55. The van der Waals surface area contributed by atoms with Crippen LogP contribution in [-0.2, 0) is 38.3 Å². The molecule has 0 bridgehead atoms. The average Bonchev–Trinajstić information content (AvgIpc) is 3.76. The van der Waals surface area contributed by atoms with Crippen LogP contribution in [0.5, 0.6) is 0 Å². The Morgan fingerprint density at radius 1 is 0.808 bits per heavy atom. The van der Waals surface area contributed by atoms with Crippen molar-refractivity contribution in [2.75, 3.05) is 13.1 Å². The largest absolute Gasteiger partial charge is 0.371 e. The molecule has 5 unspecified atom stereocenters. The van der Waals surface area contributed by atoms with Crippen LogP contribution in [-0.4, -0.2) is 95.1 Å². The number of carbonyl (C=O) groups is 7. The number of nitrogens with one attached hydrogen (secondary N) is 4. The van der Waals surface area contributed by atoms with E-state index < -0.39 is 71.8 Å². The van der Waals surface area contributed by atoms with Crippen molar-refractivity contribution < 1.29 is 38.3 Å². The van der Waals surface area contributed by atoms with E-state index in [1.165, 1.54) is 4.90 Å². The van der Waals surface area contributed by atoms with Crippen LogP contribution in [0.2, 0.25) is 0 Å². The van der Waals surface area contributed by atoms with Gasteiger partial charge < -0.3 is 36.6 Å². The van der Waals surface area contributed by atoms with Crippen molar-refractivity contribution in [2.45, 2.75) is 173 Å². The third kappa shape index (κ3) is 13.5. The average molecular weight is 733 g/mol. The number of rotatable bonds is 19. The lowest BCUT2D eigenvalue weighted by atomic mass is 9.83. The van der Waals surface area contributed by atoms with E-state index in [1.807, 2.05) is 27.7 Å². The van der Waals surface area contributed by atoms with Crippen molar-refractivity contribution in [2.24, 2.45) is 17.6 Å². The summed E-state index contributed by atoms with van der Waals surface area (Å²) in [5.74, 6) is -4.17. The number of hydrogen-bond donors (Lipinski definition) is 5. The van der Waals surface area contributed by atoms with Gasteiger partial charge in [0, 0.05) is 19.4 Å². The number of primary amides is 1. The molecule has 3 fully saturated rings. The van der Waals surface area contributed by atoms with Crippen LogP contribution in [0.4, 0.5) is 0 Å². The van der Waals surface area contributed by atoms with Gasteiger partial charge in [-0.05, 0) is 71.1 Å². The first kappa shape index (κ1) is 42.9. The quantitative estimate of drug-likeness (QED) is 0.125. The molecule has 1 heterocycles. The van der Waals surface area contributed by atoms with E-state index in [9.17, 15) is 33.6 Å². The molecule has 0 aromatic rings. The van der Waals surface area contributed by atoms with Crippen molar-refractivity contribution in [3.05, 3.63) is 0 Å². The number of nitrogens with two attached hydrogens (primary N) is 1. The first-order chi connectivity index (χ1) is 24.6. The predicted octanol–water partition coefficient (Wildman–Crippen LogP) is 2.55. The molecule has 294 valence electrons. The Morgan fingerprint density at radius 3 is 2.06 bits per heavy atom. The zero-order valence-corrected chi connectivity index (χ0v) is 32.1. The number of carbonyl (C=O) groups excluding carboxylic acids is 7. The second kappa shape index (κ2) is 20.6. The summed E-state index contributed by atoms with van der Waals surface area (Å²) in [6, 6.07) is -3.87. The van der Waals surface area contributed by atoms with Gasteiger partial charge in [0.15, 0.2) is 0 Å². The third-order valence-electron chi connectivity index (χ3n) is 10.4. The van der Waals surface area contributed by atoms with E-state index in [-0.39, 0.29) is 37.1 Å². The molecule has 52 heavy (non-hydrogen) atoms. The van der Waals surface area contributed by atoms with Crippen LogP contribution < -0.4 is 27.0 Å². The van der Waals surface area contributed by atoms with E-state index in [4.69, 9.17) is 10.5 Å². The van der Waals surface area contributed by atoms with Crippen molar-refractivity contribution in [1.29, 1.82) is 0 Å². The Kier molecular flexibility index (Phi) is 17.0. The highest BCUT2D eigenvalue weighted by molar-refractivity contribution is 6.38. The Balaban J connectivity index is 1.75. The maximum absolute atomic E-state index is 14.5. The topological polar surface area (TPSA) is 206 Å². The smallest absolute Gasteiger partial charge is 0.290 e. The minimum atomic E-state index is -1.21. The fourth-order valence-electron chi connectivity index (χ4n) is 7.78. The molecule has 1 saturated heterocycles. The molecule has 3 aliphatic rings. The van der Waals surface area contributed by atoms with Crippen LogP contribution in [0.1, 0.15) is 137 Å². The molecular weight excluding hydrogens is 668 g/mol. The van der Waals surface area contributed by atoms with Crippen LogP contribution in [0, 0.1) is 11.8 Å². The van der Waals surface area contributed by atoms with Gasteiger partial charge in [0.2, 0.25) is 35.3 Å². The van der Waals surface area contributed by atoms with Crippen LogP contribution in [0.15, 0.2) is 0 Å². The van der Waals surface area contributed by atoms with E-state index in [0.29, 0.717) is 31.6 Å². The van der Waals surface area contributed by atoms with Crippen molar-refractivity contribution in [1.82, 2.24) is 26.2 Å². The monoisotopic (exact) mass is 732 g/mol. The standard InChI is InChI=1S/C38H64N6O8/c1-6-8-19-28(34(39)48)41-31(46)22-40-36(50)33(47)27(14-7-2)42-35(49)29-21-26(52-38(3,4)5)23-44(29)37(51)32(25-17-10-9-11-18-25)43-30(45)20-24-15-12-13-16-24/h24-29,32H,6-23H2,1-5H3,(H2,39,48)(H,40,50)(H,41,46)(H,42,49)(H,43,45). The minimum Gasteiger partial charge on any atom is -0.371 e. The van der Waals surface area contributed by atoms with Gasteiger partial charge >= 0.3 is 0 Å². The molecule has 0 aromatic carbocycles. The van der Waals surface area contributed by atoms with Crippen LogP contribution >= 0.6 is 0 Å². The van der Waals surface area contributed by atoms with Gasteiger partial charge in [-0.3, -0.25) is 33.6 Å². The van der Waals surface area contributed by atoms with Gasteiger partial charge in [-0.2, -0.15) is 0 Å². The zero-order valence-electron chi connectivity index (χ0n) is 32.1. The first-order valence-electron chi connectivity index (χ1n) is 19.6. The summed E-state index contributed by atoms with van der Waals surface area (Å²) in [5, 5.41) is 10.6. The molecule has 5 atom stereocenters. The van der Waals surface area contributed by atoms with Crippen LogP contribution in [0.3, 0.4) is 0 Å². The second-order valence-electron chi connectivity index (χ2n) is 16.0. The zero-order chi connectivity index (χ0) is 38.4. The lowest BCUT2D eigenvalue weighted by Crippen LogP contribution is -2.58. The summed E-state index contributed by atoms with van der Waals surface area (Å²) < 4.78 is 6.25. The normalized spacial score (nSPS) is 21.5. The van der Waals surface area contributed by atoms with Gasteiger partial charge in [-0.1, -0.05) is 65.2 Å². The van der Waals surface area contributed by atoms with Gasteiger partial charge in [-0.15, -0.1) is 0 Å². The molecule has 6 N–H and O–H groups in total. The van der Waals surface area contributed by atoms with Gasteiger partial charge in [0.1, 0.15) is 18.1 Å². The molecule has 2 aliphatic carbocycles. The van der Waals surface area contributed by atoms with Crippen molar-refractivity contribution in [3.63, 3.8) is 0 Å². The van der Waals surface area contributed by atoms with E-state index in [2.05, 4.69) is 21.3 Å². The number of ketones is 1. The summed E-state index contributed by atoms with van der Waals surface area (Å²) in [5.41, 5.74) is 4.83. The Bertz CT molecular complexity index is 1260. The summed E-state index contributed by atoms with van der Waals surface area (Å²) in [6.07, 6.45) is 11.3. The second-order valence-corrected chi connectivity index (χ2v) is 16.0. The first-order valence-corrected chi connectivity index (χ1v) is 19.6. The highest BCUT2D eigenvalue weighted by atomic mass is 16.5. The van der Waals surface area contributed by atoms with E-state index in [1.54, 1.807) is 6.92 Å². The molecule has 0 radical (unpaired) electrons. The van der Waals surface area contributed by atoms with Crippen molar-refractivity contribution >= 4 is 41.2 Å². The highest BCUT2D eigenvalue weighted by Crippen LogP contribution is 2.32. The molecular formula is C38H64N6O8. The summed E-state index contributed by atoms with van der Waals surface area (Å²) >= 11 is 0. The number of unbranched alkanes of at least 4 members (excludes halogenated alkanes) is 1. The van der Waals surface area contributed by atoms with Crippen LogP contribution in [0.25, 0.3) is 0 Å². The Morgan fingerprint density at radius 2 is 1.46 bits per heavy atom. The molecule has 0 aromatic heterocycles. The molecule has 2 saturated carbocycles. The third-order valence-corrected chi connectivity index (χ3v) is 10.4. The maximum atomic E-state index is 14.5. The van der Waals surface area contributed by atoms with E-state index in [0.717, 1.165) is 64.2 Å². The van der Waals surface area contributed by atoms with Gasteiger partial charge in [0.25, 0.3) is 5.91 Å². The molecule has 14 heteroatoms. The number of ether oxygens (including phenoxy) is 1. The number of hydrogen-bond acceptors (Lipinski definition) is 8. The lowest BCUT2D eigenvalue weighted by molar-refractivity contribution is -0.144. The molecule has 1 aliphatic heterocycles. The molecule has 0 spiro atoms. The summed E-state index contributed by atoms with van der Waals surface area (Å²) in [4.78, 5) is 93.8. The van der Waals surface area contributed by atoms with Gasteiger partial charge in [0.05, 0.1) is 24.3 Å². The Labute approximate surface area is 309 Å². The predicted molar refractivity (Wildman–Crippen MR) is 195 cm³/mol. The number of likely N-dealkylation sites (tertiary alicyclic amines) is 1. The maximum Gasteiger partial charge on any atom is 0.290 e. The lowest BCUT2D eigenvalue weighted by Gasteiger charge is -2.35. The molecule has 6 amide bonds. The van der Waals surface area contributed by atoms with E-state index >= 15 is 0 Å². The molecule has 3 rings (SSSR count). The summed E-state index contributed by atoms with van der Waals surface area (Å²) in [6.45, 7) is 9.02. The highest BCUT2D eigenvalue weighted by Gasteiger charge is 2.46. The fourth-order valence-corrected chi connectivity index (χ4v) is 7.78. The molecule has 14 nitrogen and oxygen atoms in total.